The lowest BCUT2D eigenvalue weighted by Gasteiger charge is -2.04. The Bertz CT molecular complexity index is 531. The van der Waals surface area contributed by atoms with Crippen LogP contribution in [0.15, 0.2) is 36.4 Å². The number of carboxylic acid groups (broad SMARTS) is 1. The summed E-state index contributed by atoms with van der Waals surface area (Å²) in [6.45, 7) is 3.69. The molecule has 4 heteroatoms. The fourth-order valence-corrected chi connectivity index (χ4v) is 2.54. The Hall–Kier alpha value is -1.65. The first-order valence-electron chi connectivity index (χ1n) is 5.73. The fourth-order valence-electron chi connectivity index (χ4n) is 1.68. The zero-order valence-corrected chi connectivity index (χ0v) is 11.0. The first-order chi connectivity index (χ1) is 8.65. The van der Waals surface area contributed by atoms with Gasteiger partial charge >= 0.3 is 5.97 Å². The molecule has 2 aromatic rings. The molecule has 0 atom stereocenters. The van der Waals surface area contributed by atoms with E-state index in [9.17, 15) is 4.79 Å². The van der Waals surface area contributed by atoms with Crippen LogP contribution in [0.1, 0.15) is 25.7 Å². The van der Waals surface area contributed by atoms with Gasteiger partial charge in [-0.3, -0.25) is 0 Å². The summed E-state index contributed by atoms with van der Waals surface area (Å²) in [6.07, 6.45) is 0. The molecule has 2 N–H and O–H groups in total. The summed E-state index contributed by atoms with van der Waals surface area (Å²) in [5.41, 5.74) is 1.42. The highest BCUT2D eigenvalue weighted by Gasteiger charge is 2.01. The number of thiophene rings is 1. The van der Waals surface area contributed by atoms with Gasteiger partial charge in [-0.1, -0.05) is 12.1 Å². The lowest BCUT2D eigenvalue weighted by molar-refractivity contribution is 0.0697. The number of aromatic carboxylic acids is 1. The second-order valence-corrected chi connectivity index (χ2v) is 5.49. The largest absolute Gasteiger partial charge is 0.478 e. The molecule has 0 radical (unpaired) electrons. The van der Waals surface area contributed by atoms with Gasteiger partial charge < -0.3 is 10.4 Å². The Morgan fingerprint density at radius 3 is 2.44 bits per heavy atom. The van der Waals surface area contributed by atoms with E-state index in [1.807, 2.05) is 12.1 Å². The summed E-state index contributed by atoms with van der Waals surface area (Å²) in [5, 5.41) is 12.1. The third-order valence-corrected chi connectivity index (χ3v) is 3.63. The molecule has 2 rings (SSSR count). The zero-order valence-electron chi connectivity index (χ0n) is 10.1. The number of rotatable bonds is 5. The average Bonchev–Trinajstić information content (AvgIpc) is 2.76. The van der Waals surface area contributed by atoms with E-state index in [1.165, 1.54) is 9.75 Å². The molecule has 0 unspecified atom stereocenters. The summed E-state index contributed by atoms with van der Waals surface area (Å²) in [6, 6.07) is 11.2. The zero-order chi connectivity index (χ0) is 13.0. The maximum Gasteiger partial charge on any atom is 0.335 e. The second kappa shape index (κ2) is 5.80. The average molecular weight is 261 g/mol. The van der Waals surface area contributed by atoms with Crippen molar-refractivity contribution in [3.8, 4) is 0 Å². The molecule has 0 aliphatic carbocycles. The highest BCUT2D eigenvalue weighted by molar-refractivity contribution is 7.11. The van der Waals surface area contributed by atoms with Crippen molar-refractivity contribution >= 4 is 17.3 Å². The van der Waals surface area contributed by atoms with Gasteiger partial charge in [0.1, 0.15) is 0 Å². The summed E-state index contributed by atoms with van der Waals surface area (Å²) in [4.78, 5) is 13.3. The van der Waals surface area contributed by atoms with Crippen molar-refractivity contribution in [2.24, 2.45) is 0 Å². The normalized spacial score (nSPS) is 10.5. The van der Waals surface area contributed by atoms with Crippen molar-refractivity contribution in [3.63, 3.8) is 0 Å². The highest BCUT2D eigenvalue weighted by atomic mass is 32.1. The van der Waals surface area contributed by atoms with Crippen LogP contribution in [0.25, 0.3) is 0 Å². The molecule has 1 aromatic carbocycles. The van der Waals surface area contributed by atoms with E-state index in [-0.39, 0.29) is 0 Å². The maximum atomic E-state index is 10.7. The Labute approximate surface area is 110 Å². The third-order valence-electron chi connectivity index (χ3n) is 2.63. The van der Waals surface area contributed by atoms with Crippen LogP contribution in [0.4, 0.5) is 0 Å². The van der Waals surface area contributed by atoms with Gasteiger partial charge in [-0.2, -0.15) is 0 Å². The lowest BCUT2D eigenvalue weighted by Crippen LogP contribution is -2.11. The highest BCUT2D eigenvalue weighted by Crippen LogP contribution is 2.14. The molecule has 18 heavy (non-hydrogen) atoms. The van der Waals surface area contributed by atoms with E-state index in [0.717, 1.165) is 18.7 Å². The van der Waals surface area contributed by atoms with Crippen LogP contribution in [-0.2, 0) is 13.1 Å². The van der Waals surface area contributed by atoms with E-state index in [1.54, 1.807) is 23.5 Å². The maximum absolute atomic E-state index is 10.7. The van der Waals surface area contributed by atoms with Crippen LogP contribution < -0.4 is 5.32 Å². The van der Waals surface area contributed by atoms with Gasteiger partial charge in [-0.25, -0.2) is 4.79 Å². The predicted molar refractivity (Wildman–Crippen MR) is 73.0 cm³/mol. The van der Waals surface area contributed by atoms with Gasteiger partial charge in [0, 0.05) is 22.8 Å². The summed E-state index contributed by atoms with van der Waals surface area (Å²) in [5.74, 6) is -0.886. The summed E-state index contributed by atoms with van der Waals surface area (Å²) >= 11 is 1.79. The van der Waals surface area contributed by atoms with Gasteiger partial charge in [-0.15, -0.1) is 11.3 Å². The molecule has 0 spiro atoms. The Morgan fingerprint density at radius 2 is 1.89 bits per heavy atom. The van der Waals surface area contributed by atoms with E-state index < -0.39 is 5.97 Å². The molecule has 0 amide bonds. The summed E-state index contributed by atoms with van der Waals surface area (Å²) in [7, 11) is 0. The monoisotopic (exact) mass is 261 g/mol. The molecule has 94 valence electrons. The first kappa shape index (κ1) is 12.8. The van der Waals surface area contributed by atoms with Crippen LogP contribution >= 0.6 is 11.3 Å². The Balaban J connectivity index is 1.85. The number of hydrogen-bond acceptors (Lipinski definition) is 3. The molecule has 0 saturated heterocycles. The topological polar surface area (TPSA) is 49.3 Å². The number of carboxylic acids is 1. The Kier molecular flexibility index (Phi) is 4.12. The number of aryl methyl sites for hydroxylation is 1. The van der Waals surface area contributed by atoms with E-state index in [2.05, 4.69) is 24.4 Å². The molecule has 0 aliphatic rings. The van der Waals surface area contributed by atoms with Gasteiger partial charge in [0.2, 0.25) is 0 Å². The van der Waals surface area contributed by atoms with Crippen LogP contribution in [0.3, 0.4) is 0 Å². The minimum absolute atomic E-state index is 0.327. The van der Waals surface area contributed by atoms with Crippen molar-refractivity contribution in [2.75, 3.05) is 0 Å². The van der Waals surface area contributed by atoms with Crippen LogP contribution in [0.2, 0.25) is 0 Å². The molecule has 0 saturated carbocycles. The Morgan fingerprint density at radius 1 is 1.17 bits per heavy atom. The van der Waals surface area contributed by atoms with Gasteiger partial charge in [0.15, 0.2) is 0 Å². The standard InChI is InChI=1S/C14H15NO2S/c1-10-2-7-13(18-10)9-15-8-11-3-5-12(6-4-11)14(16)17/h2-7,15H,8-9H2,1H3,(H,16,17). The van der Waals surface area contributed by atoms with Crippen molar-refractivity contribution in [2.45, 2.75) is 20.0 Å². The number of nitrogens with one attached hydrogen (secondary N) is 1. The summed E-state index contributed by atoms with van der Waals surface area (Å²) < 4.78 is 0. The molecular weight excluding hydrogens is 246 g/mol. The van der Waals surface area contributed by atoms with Crippen molar-refractivity contribution in [3.05, 3.63) is 57.3 Å². The third kappa shape index (κ3) is 3.42. The molecule has 0 bridgehead atoms. The minimum atomic E-state index is -0.886. The van der Waals surface area contributed by atoms with Crippen LogP contribution in [0, 0.1) is 6.92 Å². The number of benzene rings is 1. The molecule has 1 aromatic heterocycles. The van der Waals surface area contributed by atoms with Crippen LogP contribution in [0.5, 0.6) is 0 Å². The van der Waals surface area contributed by atoms with E-state index >= 15 is 0 Å². The molecular formula is C14H15NO2S. The second-order valence-electron chi connectivity index (χ2n) is 4.12. The molecule has 0 aliphatic heterocycles. The van der Waals surface area contributed by atoms with Crippen molar-refractivity contribution < 1.29 is 9.90 Å². The van der Waals surface area contributed by atoms with Gasteiger partial charge in [-0.05, 0) is 36.8 Å². The smallest absolute Gasteiger partial charge is 0.335 e. The first-order valence-corrected chi connectivity index (χ1v) is 6.55. The van der Waals surface area contributed by atoms with Gasteiger partial charge in [0.05, 0.1) is 5.56 Å². The number of hydrogen-bond donors (Lipinski definition) is 2. The molecule has 1 heterocycles. The number of carbonyl (C=O) groups is 1. The predicted octanol–water partition coefficient (Wildman–Crippen LogP) is 3.04. The van der Waals surface area contributed by atoms with Crippen molar-refractivity contribution in [1.29, 1.82) is 0 Å². The van der Waals surface area contributed by atoms with Crippen molar-refractivity contribution in [1.82, 2.24) is 5.32 Å². The minimum Gasteiger partial charge on any atom is -0.478 e. The van der Waals surface area contributed by atoms with Crippen LogP contribution in [-0.4, -0.2) is 11.1 Å². The fraction of sp³-hybridized carbons (Fsp3) is 0.214. The molecule has 3 nitrogen and oxygen atoms in total. The van der Waals surface area contributed by atoms with E-state index in [0.29, 0.717) is 5.56 Å². The van der Waals surface area contributed by atoms with E-state index in [4.69, 9.17) is 5.11 Å². The van der Waals surface area contributed by atoms with Gasteiger partial charge in [0.25, 0.3) is 0 Å². The quantitative estimate of drug-likeness (QED) is 0.869. The molecule has 0 fully saturated rings. The lowest BCUT2D eigenvalue weighted by atomic mass is 10.1. The SMILES string of the molecule is Cc1ccc(CNCc2ccc(C(=O)O)cc2)s1.